The van der Waals surface area contributed by atoms with Gasteiger partial charge < -0.3 is 10.7 Å². The molecule has 3 N–H and O–H groups in total. The fraction of sp³-hybridized carbons (Fsp3) is 0. The van der Waals surface area contributed by atoms with Crippen LogP contribution in [0, 0.1) is 0 Å². The van der Waals surface area contributed by atoms with E-state index in [4.69, 9.17) is 5.73 Å². The van der Waals surface area contributed by atoms with Gasteiger partial charge in [0, 0.05) is 10.9 Å². The van der Waals surface area contributed by atoms with Crippen molar-refractivity contribution in [3.05, 3.63) is 30.6 Å². The Morgan fingerprint density at radius 2 is 2.00 bits per heavy atom. The highest BCUT2D eigenvalue weighted by Crippen LogP contribution is 2.26. The van der Waals surface area contributed by atoms with Crippen molar-refractivity contribution >= 4 is 27.8 Å². The van der Waals surface area contributed by atoms with Gasteiger partial charge in [0.2, 0.25) is 0 Å². The van der Waals surface area contributed by atoms with Gasteiger partial charge in [0.15, 0.2) is 0 Å². The molecule has 68 valence electrons. The number of aromatic amines is 1. The van der Waals surface area contributed by atoms with Crippen LogP contribution in [0.1, 0.15) is 0 Å². The van der Waals surface area contributed by atoms with E-state index in [1.165, 1.54) is 6.33 Å². The number of aromatic nitrogens is 3. The predicted molar refractivity (Wildman–Crippen MR) is 55.8 cm³/mol. The van der Waals surface area contributed by atoms with E-state index in [-0.39, 0.29) is 0 Å². The molecular weight excluding hydrogens is 176 g/mol. The molecule has 0 aliphatic rings. The molecule has 0 atom stereocenters. The minimum Gasteiger partial charge on any atom is -0.383 e. The number of H-pyrrole nitrogens is 1. The summed E-state index contributed by atoms with van der Waals surface area (Å²) >= 11 is 0. The molecule has 3 aromatic rings. The summed E-state index contributed by atoms with van der Waals surface area (Å²) in [5.74, 6) is 0.521. The molecule has 0 bridgehead atoms. The molecule has 0 amide bonds. The highest BCUT2D eigenvalue weighted by atomic mass is 15.0. The molecule has 0 saturated carbocycles. The Balaban J connectivity index is 2.65. The van der Waals surface area contributed by atoms with Crippen LogP contribution < -0.4 is 5.73 Å². The number of anilines is 1. The second-order valence-electron chi connectivity index (χ2n) is 3.15. The lowest BCUT2D eigenvalue weighted by Gasteiger charge is -1.93. The molecule has 1 aromatic carbocycles. The molecule has 14 heavy (non-hydrogen) atoms. The first kappa shape index (κ1) is 7.32. The zero-order chi connectivity index (χ0) is 9.54. The zero-order valence-electron chi connectivity index (χ0n) is 7.36. The fourth-order valence-corrected chi connectivity index (χ4v) is 1.70. The first-order valence-corrected chi connectivity index (χ1v) is 4.33. The smallest absolute Gasteiger partial charge is 0.143 e. The van der Waals surface area contributed by atoms with Crippen LogP contribution in [0.25, 0.3) is 21.9 Å². The van der Waals surface area contributed by atoms with Crippen molar-refractivity contribution < 1.29 is 0 Å². The Bertz CT molecular complexity index is 612. The van der Waals surface area contributed by atoms with Crippen LogP contribution in [0.15, 0.2) is 30.6 Å². The Morgan fingerprint density at radius 3 is 2.93 bits per heavy atom. The topological polar surface area (TPSA) is 67.6 Å². The maximum atomic E-state index is 5.80. The number of benzene rings is 1. The van der Waals surface area contributed by atoms with Gasteiger partial charge in [-0.1, -0.05) is 18.2 Å². The molecule has 0 unspecified atom stereocenters. The second-order valence-corrected chi connectivity index (χ2v) is 3.15. The molecule has 4 nitrogen and oxygen atoms in total. The molecular formula is C10H8N4. The summed E-state index contributed by atoms with van der Waals surface area (Å²) in [5, 5.41) is 1.98. The van der Waals surface area contributed by atoms with Crippen molar-refractivity contribution in [3.8, 4) is 0 Å². The minimum absolute atomic E-state index is 0.521. The maximum Gasteiger partial charge on any atom is 0.143 e. The summed E-state index contributed by atoms with van der Waals surface area (Å²) in [7, 11) is 0. The van der Waals surface area contributed by atoms with Gasteiger partial charge in [-0.15, -0.1) is 0 Å². The Labute approximate surface area is 79.8 Å². The van der Waals surface area contributed by atoms with Crippen molar-refractivity contribution in [2.24, 2.45) is 0 Å². The molecule has 4 heteroatoms. The fourth-order valence-electron chi connectivity index (χ4n) is 1.70. The molecule has 2 heterocycles. The Kier molecular flexibility index (Phi) is 1.28. The number of nitrogens with one attached hydrogen (secondary N) is 1. The molecule has 0 fully saturated rings. The third-order valence-electron chi connectivity index (χ3n) is 2.33. The molecule has 0 aliphatic carbocycles. The highest BCUT2D eigenvalue weighted by molar-refractivity contribution is 6.10. The SMILES string of the molecule is Nc1ncnc2[nH]c3ccccc3c12. The number of fused-ring (bicyclic) bond motifs is 3. The van der Waals surface area contributed by atoms with E-state index in [0.717, 1.165) is 21.9 Å². The second kappa shape index (κ2) is 2.45. The number of nitrogen functional groups attached to an aromatic ring is 1. The van der Waals surface area contributed by atoms with Gasteiger partial charge in [0.25, 0.3) is 0 Å². The largest absolute Gasteiger partial charge is 0.383 e. The third-order valence-corrected chi connectivity index (χ3v) is 2.33. The van der Waals surface area contributed by atoms with Crippen LogP contribution in [-0.2, 0) is 0 Å². The van der Waals surface area contributed by atoms with Gasteiger partial charge in [0.05, 0.1) is 5.39 Å². The van der Waals surface area contributed by atoms with Gasteiger partial charge in [-0.2, -0.15) is 0 Å². The van der Waals surface area contributed by atoms with Crippen LogP contribution >= 0.6 is 0 Å². The summed E-state index contributed by atoms with van der Waals surface area (Å²) in [6.45, 7) is 0. The number of nitrogens with two attached hydrogens (primary N) is 1. The molecule has 0 saturated heterocycles. The van der Waals surface area contributed by atoms with Crippen LogP contribution in [0.4, 0.5) is 5.82 Å². The summed E-state index contributed by atoms with van der Waals surface area (Å²) in [5.41, 5.74) is 7.62. The lowest BCUT2D eigenvalue weighted by Crippen LogP contribution is -1.91. The Hall–Kier alpha value is -2.10. The van der Waals surface area contributed by atoms with Gasteiger partial charge in [-0.3, -0.25) is 0 Å². The number of para-hydroxylation sites is 1. The van der Waals surface area contributed by atoms with Crippen molar-refractivity contribution in [1.82, 2.24) is 15.0 Å². The number of nitrogens with zero attached hydrogens (tertiary/aromatic N) is 2. The summed E-state index contributed by atoms with van der Waals surface area (Å²) in [6, 6.07) is 7.95. The van der Waals surface area contributed by atoms with E-state index in [0.29, 0.717) is 5.82 Å². The standard InChI is InChI=1S/C10H8N4/c11-9-8-6-3-1-2-4-7(6)14-10(8)13-5-12-9/h1-5H,(H3,11,12,13,14). The monoisotopic (exact) mass is 184 g/mol. The summed E-state index contributed by atoms with van der Waals surface area (Å²) in [4.78, 5) is 11.3. The quantitative estimate of drug-likeness (QED) is 0.558. The normalized spacial score (nSPS) is 11.1. The van der Waals surface area contributed by atoms with E-state index < -0.39 is 0 Å². The van der Waals surface area contributed by atoms with Crippen molar-refractivity contribution in [1.29, 1.82) is 0 Å². The van der Waals surface area contributed by atoms with E-state index in [9.17, 15) is 0 Å². The van der Waals surface area contributed by atoms with E-state index in [1.54, 1.807) is 0 Å². The Morgan fingerprint density at radius 1 is 1.14 bits per heavy atom. The molecule has 0 radical (unpaired) electrons. The number of rotatable bonds is 0. The van der Waals surface area contributed by atoms with Gasteiger partial charge in [-0.25, -0.2) is 9.97 Å². The van der Waals surface area contributed by atoms with Crippen molar-refractivity contribution in [2.45, 2.75) is 0 Å². The van der Waals surface area contributed by atoms with Gasteiger partial charge in [0.1, 0.15) is 17.8 Å². The predicted octanol–water partition coefficient (Wildman–Crippen LogP) is 1.69. The molecule has 2 aromatic heterocycles. The first-order chi connectivity index (χ1) is 6.86. The summed E-state index contributed by atoms with van der Waals surface area (Å²) < 4.78 is 0. The van der Waals surface area contributed by atoms with Gasteiger partial charge in [-0.05, 0) is 6.07 Å². The number of hydrogen-bond donors (Lipinski definition) is 2. The van der Waals surface area contributed by atoms with Crippen LogP contribution in [-0.4, -0.2) is 15.0 Å². The van der Waals surface area contributed by atoms with Gasteiger partial charge >= 0.3 is 0 Å². The van der Waals surface area contributed by atoms with Crippen LogP contribution in [0.3, 0.4) is 0 Å². The van der Waals surface area contributed by atoms with E-state index in [1.807, 2.05) is 24.3 Å². The van der Waals surface area contributed by atoms with Crippen LogP contribution in [0.5, 0.6) is 0 Å². The van der Waals surface area contributed by atoms with Crippen LogP contribution in [0.2, 0.25) is 0 Å². The maximum absolute atomic E-state index is 5.80. The molecule has 0 aliphatic heterocycles. The molecule has 3 rings (SSSR count). The first-order valence-electron chi connectivity index (χ1n) is 4.33. The lowest BCUT2D eigenvalue weighted by molar-refractivity contribution is 1.21. The minimum atomic E-state index is 0.521. The van der Waals surface area contributed by atoms with Crippen molar-refractivity contribution in [3.63, 3.8) is 0 Å². The number of hydrogen-bond acceptors (Lipinski definition) is 3. The molecule has 0 spiro atoms. The summed E-state index contributed by atoms with van der Waals surface area (Å²) in [6.07, 6.45) is 1.47. The third kappa shape index (κ3) is 0.821. The average Bonchev–Trinajstić information content (AvgIpc) is 2.57. The lowest BCUT2D eigenvalue weighted by atomic mass is 10.2. The average molecular weight is 184 g/mol. The van der Waals surface area contributed by atoms with Crippen molar-refractivity contribution in [2.75, 3.05) is 5.73 Å². The highest BCUT2D eigenvalue weighted by Gasteiger charge is 2.07. The zero-order valence-corrected chi connectivity index (χ0v) is 7.36. The van der Waals surface area contributed by atoms with E-state index >= 15 is 0 Å². The van der Waals surface area contributed by atoms with E-state index in [2.05, 4.69) is 15.0 Å².